The van der Waals surface area contributed by atoms with E-state index in [4.69, 9.17) is 4.43 Å². The SMILES string of the molecule is C=C[Si](C)(C)OC[SiH2][O]. The molecule has 0 heterocycles. The normalized spacial score (nSPS) is 12.8. The summed E-state index contributed by atoms with van der Waals surface area (Å²) in [5, 5.41) is 0. The standard InChI is InChI=1S/C5H13O2Si2/c1-4-9(2,3)7-5-8-6/h4H,1,5,8H2,2-3H3. The maximum atomic E-state index is 10.1. The first-order chi connectivity index (χ1) is 4.12. The summed E-state index contributed by atoms with van der Waals surface area (Å²) >= 11 is 0. The molecule has 0 rings (SSSR count). The van der Waals surface area contributed by atoms with E-state index in [0.717, 1.165) is 0 Å². The van der Waals surface area contributed by atoms with Gasteiger partial charge in [-0.05, 0) is 13.1 Å². The zero-order valence-corrected chi connectivity index (χ0v) is 8.43. The fraction of sp³-hybridized carbons (Fsp3) is 0.600. The van der Waals surface area contributed by atoms with Crippen LogP contribution in [0.25, 0.3) is 0 Å². The third-order valence-corrected chi connectivity index (χ3v) is 3.76. The molecule has 9 heavy (non-hydrogen) atoms. The van der Waals surface area contributed by atoms with Crippen LogP contribution in [0.5, 0.6) is 0 Å². The second-order valence-corrected chi connectivity index (χ2v) is 7.08. The van der Waals surface area contributed by atoms with Crippen LogP contribution in [0.1, 0.15) is 0 Å². The molecular weight excluding hydrogens is 148 g/mol. The summed E-state index contributed by atoms with van der Waals surface area (Å²) in [5.74, 6) is 0. The first-order valence-corrected chi connectivity index (χ1v) is 7.54. The first kappa shape index (κ1) is 9.09. The Morgan fingerprint density at radius 3 is 2.67 bits per heavy atom. The second kappa shape index (κ2) is 4.00. The van der Waals surface area contributed by atoms with Crippen LogP contribution in [0, 0.1) is 0 Å². The van der Waals surface area contributed by atoms with E-state index in [2.05, 4.69) is 6.58 Å². The molecule has 53 valence electrons. The predicted molar refractivity (Wildman–Crippen MR) is 42.9 cm³/mol. The van der Waals surface area contributed by atoms with Crippen molar-refractivity contribution >= 4 is 18.1 Å². The van der Waals surface area contributed by atoms with Gasteiger partial charge in [-0.1, -0.05) is 5.70 Å². The molecule has 0 aliphatic rings. The van der Waals surface area contributed by atoms with E-state index in [1.165, 1.54) is 0 Å². The van der Waals surface area contributed by atoms with Gasteiger partial charge in [0.25, 0.3) is 0 Å². The molecule has 4 heteroatoms. The topological polar surface area (TPSA) is 29.1 Å². The fourth-order valence-electron chi connectivity index (χ4n) is 0.364. The number of rotatable bonds is 4. The van der Waals surface area contributed by atoms with Gasteiger partial charge in [-0.2, -0.15) is 0 Å². The summed E-state index contributed by atoms with van der Waals surface area (Å²) in [6.45, 7) is 7.70. The van der Waals surface area contributed by atoms with E-state index >= 15 is 0 Å². The van der Waals surface area contributed by atoms with Crippen LogP contribution in [-0.2, 0) is 9.22 Å². The van der Waals surface area contributed by atoms with Gasteiger partial charge in [-0.15, -0.1) is 6.58 Å². The Hall–Kier alpha value is 0.0938. The summed E-state index contributed by atoms with van der Waals surface area (Å²) in [7, 11) is -2.76. The van der Waals surface area contributed by atoms with Crippen LogP contribution in [0.4, 0.5) is 0 Å². The zero-order valence-electron chi connectivity index (χ0n) is 6.02. The lowest BCUT2D eigenvalue weighted by Crippen LogP contribution is -2.29. The zero-order chi connectivity index (χ0) is 7.33. The molecule has 0 spiro atoms. The largest absolute Gasteiger partial charge is 0.414 e. The van der Waals surface area contributed by atoms with Gasteiger partial charge in [-0.25, -0.2) is 0 Å². The maximum Gasteiger partial charge on any atom is 0.231 e. The highest BCUT2D eigenvalue weighted by molar-refractivity contribution is 6.76. The molecule has 0 saturated heterocycles. The smallest absolute Gasteiger partial charge is 0.231 e. The molecule has 2 nitrogen and oxygen atoms in total. The van der Waals surface area contributed by atoms with E-state index in [-0.39, 0.29) is 0 Å². The van der Waals surface area contributed by atoms with Crippen LogP contribution in [-0.4, -0.2) is 24.3 Å². The first-order valence-electron chi connectivity index (χ1n) is 2.98. The Kier molecular flexibility index (Phi) is 4.04. The van der Waals surface area contributed by atoms with Gasteiger partial charge in [0.15, 0.2) is 0 Å². The number of hydrogen-bond acceptors (Lipinski definition) is 1. The third kappa shape index (κ3) is 4.59. The Labute approximate surface area is 59.6 Å². The summed E-state index contributed by atoms with van der Waals surface area (Å²) in [5.41, 5.74) is 1.84. The Morgan fingerprint density at radius 1 is 1.78 bits per heavy atom. The molecule has 0 amide bonds. The molecule has 0 unspecified atom stereocenters. The van der Waals surface area contributed by atoms with E-state index in [0.29, 0.717) is 6.23 Å². The van der Waals surface area contributed by atoms with Crippen LogP contribution in [0.2, 0.25) is 13.1 Å². The highest BCUT2D eigenvalue weighted by atomic mass is 28.4. The van der Waals surface area contributed by atoms with E-state index in [1.807, 2.05) is 18.8 Å². The molecule has 0 aliphatic carbocycles. The quantitative estimate of drug-likeness (QED) is 0.549. The van der Waals surface area contributed by atoms with Gasteiger partial charge in [0, 0.05) is 0 Å². The lowest BCUT2D eigenvalue weighted by atomic mass is 11.3. The Balaban J connectivity index is 3.45. The van der Waals surface area contributed by atoms with Crippen molar-refractivity contribution in [2.75, 3.05) is 6.23 Å². The van der Waals surface area contributed by atoms with Gasteiger partial charge < -0.3 is 9.22 Å². The monoisotopic (exact) mass is 161 g/mol. The lowest BCUT2D eigenvalue weighted by molar-refractivity contribution is 0.348. The summed E-state index contributed by atoms with van der Waals surface area (Å²) in [6, 6.07) is 0. The van der Waals surface area contributed by atoms with Crippen molar-refractivity contribution in [3.05, 3.63) is 12.3 Å². The lowest BCUT2D eigenvalue weighted by Gasteiger charge is -2.16. The molecule has 0 aromatic carbocycles. The molecule has 0 aliphatic heterocycles. The fourth-order valence-corrected chi connectivity index (χ4v) is 2.92. The molecule has 0 saturated carbocycles. The van der Waals surface area contributed by atoms with Crippen molar-refractivity contribution in [2.24, 2.45) is 0 Å². The van der Waals surface area contributed by atoms with Crippen molar-refractivity contribution in [3.63, 3.8) is 0 Å². The molecule has 0 aromatic rings. The second-order valence-electron chi connectivity index (χ2n) is 2.36. The molecular formula is C5H13O2Si2. The minimum absolute atomic E-state index is 0.464. The van der Waals surface area contributed by atoms with Crippen LogP contribution >= 0.6 is 0 Å². The van der Waals surface area contributed by atoms with Crippen molar-refractivity contribution < 1.29 is 9.22 Å². The van der Waals surface area contributed by atoms with Crippen LogP contribution in [0.15, 0.2) is 12.3 Å². The van der Waals surface area contributed by atoms with Gasteiger partial charge in [0.2, 0.25) is 18.1 Å². The van der Waals surface area contributed by atoms with Crippen molar-refractivity contribution in [3.8, 4) is 0 Å². The van der Waals surface area contributed by atoms with Gasteiger partial charge in [-0.3, -0.25) is 0 Å². The molecule has 0 bridgehead atoms. The summed E-state index contributed by atoms with van der Waals surface area (Å²) in [4.78, 5) is 10.1. The highest BCUT2D eigenvalue weighted by Gasteiger charge is 2.16. The van der Waals surface area contributed by atoms with Crippen LogP contribution in [0.3, 0.4) is 0 Å². The molecule has 0 aromatic heterocycles. The summed E-state index contributed by atoms with van der Waals surface area (Å²) < 4.78 is 5.30. The van der Waals surface area contributed by atoms with Crippen molar-refractivity contribution in [1.29, 1.82) is 0 Å². The minimum atomic E-state index is -1.60. The van der Waals surface area contributed by atoms with Crippen molar-refractivity contribution in [1.82, 2.24) is 0 Å². The number of hydrogen-bond donors (Lipinski definition) is 0. The predicted octanol–water partition coefficient (Wildman–Crippen LogP) is 0.405. The minimum Gasteiger partial charge on any atom is -0.414 e. The average molecular weight is 161 g/mol. The maximum absolute atomic E-state index is 10.1. The highest BCUT2D eigenvalue weighted by Crippen LogP contribution is 2.02. The molecule has 0 N–H and O–H groups in total. The van der Waals surface area contributed by atoms with Gasteiger partial charge in [0.05, 0.1) is 6.23 Å². The molecule has 0 atom stereocenters. The van der Waals surface area contributed by atoms with E-state index < -0.39 is 18.1 Å². The molecule has 1 radical (unpaired) electrons. The van der Waals surface area contributed by atoms with Gasteiger partial charge >= 0.3 is 0 Å². The Bertz CT molecular complexity index is 93.0. The van der Waals surface area contributed by atoms with E-state index in [9.17, 15) is 4.80 Å². The average Bonchev–Trinajstić information content (AvgIpc) is 1.84. The van der Waals surface area contributed by atoms with E-state index in [1.54, 1.807) is 0 Å². The van der Waals surface area contributed by atoms with Crippen molar-refractivity contribution in [2.45, 2.75) is 13.1 Å². The Morgan fingerprint density at radius 2 is 2.33 bits per heavy atom. The summed E-state index contributed by atoms with van der Waals surface area (Å²) in [6.07, 6.45) is 0.464. The van der Waals surface area contributed by atoms with Crippen LogP contribution < -0.4 is 0 Å². The van der Waals surface area contributed by atoms with Gasteiger partial charge in [0.1, 0.15) is 0 Å². The molecule has 0 fully saturated rings. The third-order valence-electron chi connectivity index (χ3n) is 1.05.